The summed E-state index contributed by atoms with van der Waals surface area (Å²) in [6.07, 6.45) is 3.37. The molecule has 1 aromatic heterocycles. The summed E-state index contributed by atoms with van der Waals surface area (Å²) in [6, 6.07) is 8.69. The van der Waals surface area contributed by atoms with E-state index in [2.05, 4.69) is 5.32 Å². The van der Waals surface area contributed by atoms with Gasteiger partial charge in [-0.15, -0.1) is 0 Å². The normalized spacial score (nSPS) is 23.9. The highest BCUT2D eigenvalue weighted by molar-refractivity contribution is 5.88. The van der Waals surface area contributed by atoms with Crippen molar-refractivity contribution in [2.45, 2.75) is 51.1 Å². The molecule has 29 heavy (non-hydrogen) atoms. The van der Waals surface area contributed by atoms with Gasteiger partial charge < -0.3 is 9.64 Å². The Kier molecular flexibility index (Phi) is 5.30. The maximum Gasteiger partial charge on any atom is 0.242 e. The van der Waals surface area contributed by atoms with E-state index in [9.17, 15) is 9.18 Å². The fourth-order valence-corrected chi connectivity index (χ4v) is 4.45. The van der Waals surface area contributed by atoms with E-state index < -0.39 is 5.54 Å². The molecule has 1 N–H and O–H groups in total. The largest absolute Gasteiger partial charge is 0.494 e. The Morgan fingerprint density at radius 3 is 2.86 bits per heavy atom. The van der Waals surface area contributed by atoms with Gasteiger partial charge >= 0.3 is 0 Å². The number of hydrogen-bond acceptors (Lipinski definition) is 4. The number of nitrogens with one attached hydrogen (secondary N) is 1. The number of ether oxygens (including phenoxy) is 1. The van der Waals surface area contributed by atoms with E-state index in [0.29, 0.717) is 17.9 Å². The van der Waals surface area contributed by atoms with Crippen LogP contribution >= 0.6 is 0 Å². The Balaban J connectivity index is 1.63. The molecular formula is C23H28FN3O2. The van der Waals surface area contributed by atoms with Crippen LogP contribution in [0, 0.1) is 12.7 Å². The van der Waals surface area contributed by atoms with Crippen LogP contribution in [0.5, 0.6) is 5.75 Å². The van der Waals surface area contributed by atoms with Crippen LogP contribution in [0.15, 0.2) is 30.3 Å². The first kappa shape index (κ1) is 19.8. The smallest absolute Gasteiger partial charge is 0.242 e. The second-order valence-corrected chi connectivity index (χ2v) is 8.21. The van der Waals surface area contributed by atoms with Crippen LogP contribution in [0.3, 0.4) is 0 Å². The minimum absolute atomic E-state index is 0.00770. The lowest BCUT2D eigenvalue weighted by atomic mass is 9.96. The van der Waals surface area contributed by atoms with Crippen molar-refractivity contribution >= 4 is 5.91 Å². The highest BCUT2D eigenvalue weighted by atomic mass is 19.1. The highest BCUT2D eigenvalue weighted by Crippen LogP contribution is 2.39. The molecule has 1 aromatic carbocycles. The van der Waals surface area contributed by atoms with Gasteiger partial charge in [-0.1, -0.05) is 6.92 Å². The minimum atomic E-state index is -0.468. The molecule has 154 valence electrons. The molecular weight excluding hydrogens is 369 g/mol. The molecule has 2 aromatic rings. The van der Waals surface area contributed by atoms with Crippen LogP contribution in [0.1, 0.15) is 50.0 Å². The van der Waals surface area contributed by atoms with Crippen molar-refractivity contribution in [1.29, 1.82) is 0 Å². The summed E-state index contributed by atoms with van der Waals surface area (Å²) >= 11 is 0. The Morgan fingerprint density at radius 1 is 1.31 bits per heavy atom. The molecule has 5 nitrogen and oxygen atoms in total. The summed E-state index contributed by atoms with van der Waals surface area (Å²) in [4.78, 5) is 19.1. The number of benzene rings is 1. The van der Waals surface area contributed by atoms with Gasteiger partial charge in [-0.2, -0.15) is 0 Å². The average Bonchev–Trinajstić information content (AvgIpc) is 3.27. The van der Waals surface area contributed by atoms with E-state index in [1.807, 2.05) is 33.0 Å². The third kappa shape index (κ3) is 3.73. The molecule has 4 rings (SSSR count). The number of nitrogens with zero attached hydrogens (tertiary/aromatic N) is 2. The number of aromatic nitrogens is 1. The number of amides is 1. The molecule has 3 heterocycles. The van der Waals surface area contributed by atoms with Gasteiger partial charge in [0.25, 0.3) is 0 Å². The minimum Gasteiger partial charge on any atom is -0.494 e. The third-order valence-corrected chi connectivity index (χ3v) is 5.99. The zero-order chi connectivity index (χ0) is 20.6. The lowest BCUT2D eigenvalue weighted by Gasteiger charge is -2.23. The molecule has 2 aliphatic heterocycles. The number of likely N-dealkylation sites (tertiary alicyclic amines) is 1. The molecule has 1 spiro atoms. The van der Waals surface area contributed by atoms with Gasteiger partial charge in [0.15, 0.2) is 0 Å². The summed E-state index contributed by atoms with van der Waals surface area (Å²) in [5.74, 6) is 0.547. The maximum absolute atomic E-state index is 14.6. The fourth-order valence-electron chi connectivity index (χ4n) is 4.45. The van der Waals surface area contributed by atoms with Crippen LogP contribution in [0.25, 0.3) is 11.1 Å². The van der Waals surface area contributed by atoms with Gasteiger partial charge in [0.05, 0.1) is 18.3 Å². The second kappa shape index (κ2) is 7.75. The van der Waals surface area contributed by atoms with E-state index in [1.165, 1.54) is 6.07 Å². The zero-order valence-corrected chi connectivity index (χ0v) is 17.3. The monoisotopic (exact) mass is 397 g/mol. The van der Waals surface area contributed by atoms with Gasteiger partial charge in [-0.3, -0.25) is 15.1 Å². The number of likely N-dealkylation sites (N-methyl/N-ethyl adjacent to an activating group) is 1. The summed E-state index contributed by atoms with van der Waals surface area (Å²) in [5, 5.41) is 3.55. The summed E-state index contributed by atoms with van der Waals surface area (Å²) in [7, 11) is 1.85. The van der Waals surface area contributed by atoms with Crippen molar-refractivity contribution < 1.29 is 13.9 Å². The van der Waals surface area contributed by atoms with Gasteiger partial charge in [-0.05, 0) is 68.5 Å². The molecule has 0 unspecified atom stereocenters. The van der Waals surface area contributed by atoms with Crippen LogP contribution in [-0.2, 0) is 4.79 Å². The quantitative estimate of drug-likeness (QED) is 0.828. The first-order chi connectivity index (χ1) is 13.9. The van der Waals surface area contributed by atoms with Crippen LogP contribution in [-0.4, -0.2) is 41.5 Å². The van der Waals surface area contributed by atoms with E-state index in [0.717, 1.165) is 49.2 Å². The first-order valence-electron chi connectivity index (χ1n) is 10.4. The van der Waals surface area contributed by atoms with Crippen molar-refractivity contribution in [2.75, 3.05) is 20.2 Å². The van der Waals surface area contributed by atoms with E-state index in [1.54, 1.807) is 17.0 Å². The first-order valence-corrected chi connectivity index (χ1v) is 10.4. The molecule has 1 amide bonds. The van der Waals surface area contributed by atoms with Gasteiger partial charge in [0.2, 0.25) is 5.91 Å². The second-order valence-electron chi connectivity index (χ2n) is 8.21. The Bertz CT molecular complexity index is 932. The maximum atomic E-state index is 14.6. The number of aryl methyl sites for hydroxylation is 1. The molecule has 0 radical (unpaired) electrons. The van der Waals surface area contributed by atoms with Crippen LogP contribution in [0.2, 0.25) is 0 Å². The number of hydrogen-bond donors (Lipinski definition) is 1. The third-order valence-electron chi connectivity index (χ3n) is 5.99. The van der Waals surface area contributed by atoms with Crippen molar-refractivity contribution in [3.05, 3.63) is 47.5 Å². The Morgan fingerprint density at radius 2 is 2.14 bits per heavy atom. The molecule has 0 aliphatic carbocycles. The number of rotatable bonds is 5. The highest BCUT2D eigenvalue weighted by Gasteiger charge is 2.50. The van der Waals surface area contributed by atoms with Crippen molar-refractivity contribution in [2.24, 2.45) is 0 Å². The van der Waals surface area contributed by atoms with E-state index >= 15 is 0 Å². The van der Waals surface area contributed by atoms with Crippen molar-refractivity contribution in [3.8, 4) is 16.9 Å². The summed E-state index contributed by atoms with van der Waals surface area (Å²) in [6.45, 7) is 5.34. The average molecular weight is 397 g/mol. The number of carbonyl (C=O) groups is 1. The zero-order valence-electron chi connectivity index (χ0n) is 17.3. The Hall–Kier alpha value is -2.47. The van der Waals surface area contributed by atoms with Gasteiger partial charge in [0.1, 0.15) is 17.1 Å². The topological polar surface area (TPSA) is 54.5 Å². The molecule has 6 heteroatoms. The Labute approximate surface area is 171 Å². The van der Waals surface area contributed by atoms with E-state index in [-0.39, 0.29) is 17.8 Å². The fraction of sp³-hybridized carbons (Fsp3) is 0.478. The lowest BCUT2D eigenvalue weighted by molar-refractivity contribution is -0.131. The van der Waals surface area contributed by atoms with Gasteiger partial charge in [0, 0.05) is 24.8 Å². The molecule has 2 atom stereocenters. The predicted molar refractivity (Wildman–Crippen MR) is 110 cm³/mol. The predicted octanol–water partition coefficient (Wildman–Crippen LogP) is 4.01. The SMILES string of the molecule is CCCOc1ccc(F)c(-c2cc(C)nc([C@@H]3CC[C@]4(CCN(C)C4=O)N3)c2)c1. The molecule has 2 saturated heterocycles. The molecule has 2 fully saturated rings. The summed E-state index contributed by atoms with van der Waals surface area (Å²) < 4.78 is 20.3. The van der Waals surface area contributed by atoms with Crippen molar-refractivity contribution in [3.63, 3.8) is 0 Å². The number of halogens is 1. The molecule has 2 aliphatic rings. The lowest BCUT2D eigenvalue weighted by Crippen LogP contribution is -2.47. The summed E-state index contributed by atoms with van der Waals surface area (Å²) in [5.41, 5.74) is 2.51. The van der Waals surface area contributed by atoms with E-state index in [4.69, 9.17) is 9.72 Å². The van der Waals surface area contributed by atoms with Crippen LogP contribution < -0.4 is 10.1 Å². The molecule has 0 saturated carbocycles. The molecule has 0 bridgehead atoms. The number of pyridine rings is 1. The van der Waals surface area contributed by atoms with Crippen molar-refractivity contribution in [1.82, 2.24) is 15.2 Å². The number of carbonyl (C=O) groups excluding carboxylic acids is 1. The van der Waals surface area contributed by atoms with Crippen LogP contribution in [0.4, 0.5) is 4.39 Å². The van der Waals surface area contributed by atoms with Gasteiger partial charge in [-0.25, -0.2) is 4.39 Å². The standard InChI is InChI=1S/C23H28FN3O2/c1-4-11-29-17-5-6-19(24)18(14-17)16-12-15(2)25-21(13-16)20-7-8-23(26-20)9-10-27(3)22(23)28/h5-6,12-14,20,26H,4,7-11H2,1-3H3/t20-,23+/m0/s1.